The lowest BCUT2D eigenvalue weighted by Gasteiger charge is -2.36. The molecule has 7 nitrogen and oxygen atoms in total. The van der Waals surface area contributed by atoms with E-state index in [-0.39, 0.29) is 18.1 Å². The van der Waals surface area contributed by atoms with E-state index < -0.39 is 30.1 Å². The Labute approximate surface area is 182 Å². The average molecular weight is 430 g/mol. The number of carbonyl (C=O) groups is 1. The number of carbonyl (C=O) groups excluding carboxylic acids is 1. The molecule has 0 unspecified atom stereocenters. The van der Waals surface area contributed by atoms with Crippen molar-refractivity contribution in [2.45, 2.75) is 106 Å². The second kappa shape index (κ2) is 7.81. The van der Waals surface area contributed by atoms with E-state index in [9.17, 15) is 4.79 Å². The SMILES string of the molecule is O=C(Nc1ccccc1)[C@@H]1O[C@@H]2OC3(CCCCC3)O[C@@H]2[C@H]2OC3(CCCCC3)O[C@H]21. The molecule has 1 amide bonds. The van der Waals surface area contributed by atoms with Crippen LogP contribution in [0.2, 0.25) is 0 Å². The average Bonchev–Trinajstić information content (AvgIpc) is 3.33. The maximum atomic E-state index is 13.3. The molecule has 3 heterocycles. The van der Waals surface area contributed by atoms with Gasteiger partial charge in [-0.3, -0.25) is 4.79 Å². The van der Waals surface area contributed by atoms with Gasteiger partial charge in [-0.25, -0.2) is 0 Å². The number of anilines is 1. The number of benzene rings is 1. The number of rotatable bonds is 2. The molecule has 5 aliphatic rings. The quantitative estimate of drug-likeness (QED) is 0.769. The van der Waals surface area contributed by atoms with Gasteiger partial charge in [0.1, 0.15) is 18.3 Å². The molecule has 5 atom stereocenters. The van der Waals surface area contributed by atoms with E-state index >= 15 is 0 Å². The molecule has 2 aliphatic carbocycles. The lowest BCUT2D eigenvalue weighted by molar-refractivity contribution is -0.246. The molecule has 0 bridgehead atoms. The van der Waals surface area contributed by atoms with Crippen LogP contribution in [0.4, 0.5) is 5.69 Å². The van der Waals surface area contributed by atoms with Crippen molar-refractivity contribution in [3.05, 3.63) is 30.3 Å². The van der Waals surface area contributed by atoms with Crippen molar-refractivity contribution in [1.82, 2.24) is 0 Å². The van der Waals surface area contributed by atoms with Gasteiger partial charge in [-0.2, -0.15) is 0 Å². The van der Waals surface area contributed by atoms with Gasteiger partial charge in [-0.15, -0.1) is 0 Å². The largest absolute Gasteiger partial charge is 0.341 e. The van der Waals surface area contributed by atoms with Gasteiger partial charge >= 0.3 is 0 Å². The number of ether oxygens (including phenoxy) is 5. The summed E-state index contributed by atoms with van der Waals surface area (Å²) in [7, 11) is 0. The smallest absolute Gasteiger partial charge is 0.256 e. The summed E-state index contributed by atoms with van der Waals surface area (Å²) in [5.41, 5.74) is 0.730. The van der Waals surface area contributed by atoms with E-state index in [1.807, 2.05) is 30.3 Å². The Morgan fingerprint density at radius 3 is 2.00 bits per heavy atom. The molecule has 168 valence electrons. The number of amides is 1. The molecule has 1 N–H and O–H groups in total. The van der Waals surface area contributed by atoms with Gasteiger partial charge < -0.3 is 29.0 Å². The Morgan fingerprint density at radius 1 is 0.742 bits per heavy atom. The third-order valence-electron chi connectivity index (χ3n) is 7.41. The van der Waals surface area contributed by atoms with Gasteiger partial charge in [0.25, 0.3) is 5.91 Å². The number of fused-ring (bicyclic) bond motifs is 3. The minimum absolute atomic E-state index is 0.232. The van der Waals surface area contributed by atoms with Crippen molar-refractivity contribution in [3.63, 3.8) is 0 Å². The van der Waals surface area contributed by atoms with Gasteiger partial charge in [0.05, 0.1) is 0 Å². The number of hydrogen-bond donors (Lipinski definition) is 1. The first-order valence-corrected chi connectivity index (χ1v) is 11.9. The third-order valence-corrected chi connectivity index (χ3v) is 7.41. The molecule has 0 radical (unpaired) electrons. The summed E-state index contributed by atoms with van der Waals surface area (Å²) in [5.74, 6) is -1.48. The topological polar surface area (TPSA) is 75.3 Å². The summed E-state index contributed by atoms with van der Waals surface area (Å²) in [6.07, 6.45) is 7.39. The second-order valence-electron chi connectivity index (χ2n) is 9.59. The Balaban J connectivity index is 1.28. The van der Waals surface area contributed by atoms with Gasteiger partial charge in [0.15, 0.2) is 24.0 Å². The zero-order valence-electron chi connectivity index (χ0n) is 17.8. The van der Waals surface area contributed by atoms with Crippen LogP contribution >= 0.6 is 0 Å². The maximum absolute atomic E-state index is 13.3. The van der Waals surface area contributed by atoms with Crippen LogP contribution in [0, 0.1) is 0 Å². The highest BCUT2D eigenvalue weighted by Crippen LogP contribution is 2.51. The molecule has 2 saturated carbocycles. The normalized spacial score (nSPS) is 38.0. The summed E-state index contributed by atoms with van der Waals surface area (Å²) in [5, 5.41) is 2.97. The van der Waals surface area contributed by atoms with Crippen LogP contribution < -0.4 is 5.32 Å². The van der Waals surface area contributed by atoms with Crippen LogP contribution in [-0.2, 0) is 28.5 Å². The Hall–Kier alpha value is -1.51. The van der Waals surface area contributed by atoms with Crippen LogP contribution in [-0.4, -0.2) is 48.2 Å². The molecule has 1 aromatic carbocycles. The van der Waals surface area contributed by atoms with E-state index in [0.717, 1.165) is 57.1 Å². The summed E-state index contributed by atoms with van der Waals surface area (Å²) in [6.45, 7) is 0. The summed E-state index contributed by atoms with van der Waals surface area (Å²) in [6, 6.07) is 9.43. The lowest BCUT2D eigenvalue weighted by atomic mass is 9.94. The minimum Gasteiger partial charge on any atom is -0.341 e. The predicted molar refractivity (Wildman–Crippen MR) is 111 cm³/mol. The Morgan fingerprint density at radius 2 is 1.32 bits per heavy atom. The fourth-order valence-corrected chi connectivity index (χ4v) is 5.90. The van der Waals surface area contributed by atoms with Gasteiger partial charge in [-0.1, -0.05) is 31.0 Å². The Bertz CT molecular complexity index is 804. The first kappa shape index (κ1) is 20.1. The van der Waals surface area contributed by atoms with Gasteiger partial charge in [0.2, 0.25) is 0 Å². The highest BCUT2D eigenvalue weighted by Gasteiger charge is 2.65. The van der Waals surface area contributed by atoms with Crippen molar-refractivity contribution in [1.29, 1.82) is 0 Å². The zero-order valence-corrected chi connectivity index (χ0v) is 17.8. The first-order chi connectivity index (χ1) is 15.2. The second-order valence-corrected chi connectivity index (χ2v) is 9.59. The van der Waals surface area contributed by atoms with Crippen molar-refractivity contribution >= 4 is 11.6 Å². The summed E-state index contributed by atoms with van der Waals surface area (Å²) < 4.78 is 32.2. The van der Waals surface area contributed by atoms with Crippen molar-refractivity contribution in [3.8, 4) is 0 Å². The van der Waals surface area contributed by atoms with Crippen LogP contribution in [0.1, 0.15) is 64.2 Å². The van der Waals surface area contributed by atoms with E-state index in [0.29, 0.717) is 0 Å². The third kappa shape index (κ3) is 3.60. The monoisotopic (exact) mass is 429 g/mol. The van der Waals surface area contributed by atoms with Crippen LogP contribution in [0.5, 0.6) is 0 Å². The molecule has 0 aromatic heterocycles. The summed E-state index contributed by atoms with van der Waals surface area (Å²) in [4.78, 5) is 13.3. The van der Waals surface area contributed by atoms with E-state index in [2.05, 4.69) is 5.32 Å². The van der Waals surface area contributed by atoms with Crippen LogP contribution in [0.3, 0.4) is 0 Å². The van der Waals surface area contributed by atoms with E-state index in [4.69, 9.17) is 23.7 Å². The Kier molecular flexibility index (Phi) is 5.07. The van der Waals surface area contributed by atoms with Crippen molar-refractivity contribution in [2.75, 3.05) is 5.32 Å². The molecule has 7 heteroatoms. The van der Waals surface area contributed by atoms with Crippen LogP contribution in [0.25, 0.3) is 0 Å². The van der Waals surface area contributed by atoms with Crippen molar-refractivity contribution in [2.24, 2.45) is 0 Å². The molecule has 2 spiro atoms. The molecule has 5 fully saturated rings. The number of nitrogens with one attached hydrogen (secondary N) is 1. The predicted octanol–water partition coefficient (Wildman–Crippen LogP) is 3.87. The molecular formula is C24H31NO6. The summed E-state index contributed by atoms with van der Waals surface area (Å²) >= 11 is 0. The molecule has 31 heavy (non-hydrogen) atoms. The highest BCUT2D eigenvalue weighted by atomic mass is 16.9. The van der Waals surface area contributed by atoms with E-state index in [1.165, 1.54) is 12.8 Å². The highest BCUT2D eigenvalue weighted by molar-refractivity contribution is 5.94. The van der Waals surface area contributed by atoms with Crippen LogP contribution in [0.15, 0.2) is 30.3 Å². The fraction of sp³-hybridized carbons (Fsp3) is 0.708. The zero-order chi connectivity index (χ0) is 20.9. The first-order valence-electron chi connectivity index (χ1n) is 11.9. The van der Waals surface area contributed by atoms with Crippen molar-refractivity contribution < 1.29 is 28.5 Å². The molecule has 3 aliphatic heterocycles. The maximum Gasteiger partial charge on any atom is 0.256 e. The molecule has 3 saturated heterocycles. The van der Waals surface area contributed by atoms with Gasteiger partial charge in [-0.05, 0) is 37.8 Å². The number of hydrogen-bond acceptors (Lipinski definition) is 6. The standard InChI is InChI=1S/C24H31NO6/c26-21(25-16-10-4-1-5-11-16)19-17-18(29-23(28-17)12-6-2-7-13-23)20-22(27-19)31-24(30-20)14-8-3-9-15-24/h1,4-5,10-11,17-20,22H,2-3,6-9,12-15H2,(H,25,26)/t17-,18+,19-,20-,22-/m1/s1. The molecule has 6 rings (SSSR count). The molecular weight excluding hydrogens is 398 g/mol. The number of para-hydroxylation sites is 1. The fourth-order valence-electron chi connectivity index (χ4n) is 5.90. The molecule has 1 aromatic rings. The van der Waals surface area contributed by atoms with E-state index in [1.54, 1.807) is 0 Å². The minimum atomic E-state index is -0.810. The van der Waals surface area contributed by atoms with Gasteiger partial charge in [0, 0.05) is 31.4 Å². The lowest BCUT2D eigenvalue weighted by Crippen LogP contribution is -2.58.